The van der Waals surface area contributed by atoms with Crippen molar-refractivity contribution in [2.45, 2.75) is 79.1 Å². The van der Waals surface area contributed by atoms with Crippen LogP contribution in [0.1, 0.15) is 65.0 Å². The van der Waals surface area contributed by atoms with Gasteiger partial charge in [0.05, 0.1) is 6.54 Å². The van der Waals surface area contributed by atoms with Crippen molar-refractivity contribution in [3.05, 3.63) is 35.4 Å². The van der Waals surface area contributed by atoms with Crippen molar-refractivity contribution in [3.63, 3.8) is 0 Å². The Morgan fingerprint density at radius 3 is 2.53 bits per heavy atom. The quantitative estimate of drug-likeness (QED) is 0.330. The third kappa shape index (κ3) is 7.98. The molecule has 1 aliphatic heterocycles. The molecule has 1 aliphatic rings. The molecule has 0 saturated carbocycles. The number of likely N-dealkylation sites (tertiary alicyclic amines) is 1. The lowest BCUT2D eigenvalue weighted by Crippen LogP contribution is -2.41. The Bertz CT molecular complexity index is 678. The molecule has 1 amide bonds. The first-order valence-corrected chi connectivity index (χ1v) is 11.5. The zero-order chi connectivity index (χ0) is 21.9. The Balaban J connectivity index is 1.86. The summed E-state index contributed by atoms with van der Waals surface area (Å²) in [6, 6.07) is 9.56. The molecule has 1 saturated heterocycles. The van der Waals surface area contributed by atoms with E-state index in [-0.39, 0.29) is 5.91 Å². The first kappa shape index (κ1) is 24.2. The van der Waals surface area contributed by atoms with Crippen LogP contribution in [0.5, 0.6) is 0 Å². The fourth-order valence-corrected chi connectivity index (χ4v) is 4.01. The SMILES string of the molecule is CCNC(=NCc1cccc(CN2CCCC2=O)c1)NCCCN(C(C)C)C(C)C. The molecule has 30 heavy (non-hydrogen) atoms. The minimum Gasteiger partial charge on any atom is -0.357 e. The molecule has 1 aromatic rings. The summed E-state index contributed by atoms with van der Waals surface area (Å²) in [5.74, 6) is 1.13. The molecule has 168 valence electrons. The summed E-state index contributed by atoms with van der Waals surface area (Å²) in [5, 5.41) is 6.80. The first-order chi connectivity index (χ1) is 14.4. The largest absolute Gasteiger partial charge is 0.357 e. The molecule has 1 heterocycles. The van der Waals surface area contributed by atoms with Crippen LogP contribution in [0.2, 0.25) is 0 Å². The van der Waals surface area contributed by atoms with Crippen LogP contribution in [0, 0.1) is 0 Å². The first-order valence-electron chi connectivity index (χ1n) is 11.5. The predicted octanol–water partition coefficient (Wildman–Crippen LogP) is 3.37. The number of hydrogen-bond acceptors (Lipinski definition) is 3. The zero-order valence-corrected chi connectivity index (χ0v) is 19.6. The highest BCUT2D eigenvalue weighted by molar-refractivity contribution is 5.79. The van der Waals surface area contributed by atoms with Crippen LogP contribution in [-0.4, -0.2) is 59.9 Å². The van der Waals surface area contributed by atoms with Crippen LogP contribution in [0.3, 0.4) is 0 Å². The van der Waals surface area contributed by atoms with Crippen molar-refractivity contribution in [1.29, 1.82) is 0 Å². The van der Waals surface area contributed by atoms with E-state index in [1.807, 2.05) is 4.90 Å². The van der Waals surface area contributed by atoms with Crippen LogP contribution >= 0.6 is 0 Å². The molecule has 0 atom stereocenters. The van der Waals surface area contributed by atoms with E-state index in [1.165, 1.54) is 11.1 Å². The third-order valence-corrected chi connectivity index (χ3v) is 5.51. The fraction of sp³-hybridized carbons (Fsp3) is 0.667. The van der Waals surface area contributed by atoms with Crippen molar-refractivity contribution < 1.29 is 4.79 Å². The summed E-state index contributed by atoms with van der Waals surface area (Å²) in [7, 11) is 0. The van der Waals surface area contributed by atoms with Crippen molar-refractivity contribution in [2.75, 3.05) is 26.2 Å². The van der Waals surface area contributed by atoms with E-state index in [0.717, 1.165) is 45.0 Å². The van der Waals surface area contributed by atoms with Crippen LogP contribution in [0.25, 0.3) is 0 Å². The Labute approximate surface area is 183 Å². The van der Waals surface area contributed by atoms with Gasteiger partial charge in [0.2, 0.25) is 5.91 Å². The number of carbonyl (C=O) groups is 1. The number of aliphatic imine (C=N–C) groups is 1. The van der Waals surface area contributed by atoms with Crippen molar-refractivity contribution in [1.82, 2.24) is 20.4 Å². The standard InChI is InChI=1S/C24H41N5O/c1-6-25-24(26-13-9-15-29(19(2)3)20(4)5)27-17-21-10-7-11-22(16-21)18-28-14-8-12-23(28)30/h7,10-11,16,19-20H,6,8-9,12-15,17-18H2,1-5H3,(H2,25,26,27). The molecule has 1 aromatic carbocycles. The van der Waals surface area contributed by atoms with E-state index in [4.69, 9.17) is 4.99 Å². The number of nitrogens with one attached hydrogen (secondary N) is 2. The second kappa shape index (κ2) is 12.6. The van der Waals surface area contributed by atoms with Gasteiger partial charge in [-0.2, -0.15) is 0 Å². The lowest BCUT2D eigenvalue weighted by molar-refractivity contribution is -0.128. The summed E-state index contributed by atoms with van der Waals surface area (Å²) >= 11 is 0. The van der Waals surface area contributed by atoms with Gasteiger partial charge in [-0.3, -0.25) is 9.69 Å². The summed E-state index contributed by atoms with van der Waals surface area (Å²) < 4.78 is 0. The lowest BCUT2D eigenvalue weighted by atomic mass is 10.1. The van der Waals surface area contributed by atoms with Crippen molar-refractivity contribution >= 4 is 11.9 Å². The maximum Gasteiger partial charge on any atom is 0.222 e. The molecular weight excluding hydrogens is 374 g/mol. The molecule has 2 N–H and O–H groups in total. The number of guanidine groups is 1. The molecule has 0 spiro atoms. The predicted molar refractivity (Wildman–Crippen MR) is 126 cm³/mol. The second-order valence-electron chi connectivity index (χ2n) is 8.64. The lowest BCUT2D eigenvalue weighted by Gasteiger charge is -2.30. The van der Waals surface area contributed by atoms with E-state index in [2.05, 4.69) is 74.4 Å². The minimum atomic E-state index is 0.269. The molecule has 0 unspecified atom stereocenters. The third-order valence-electron chi connectivity index (χ3n) is 5.51. The summed E-state index contributed by atoms with van der Waals surface area (Å²) in [6.07, 6.45) is 2.75. The van der Waals surface area contributed by atoms with Crippen LogP contribution in [-0.2, 0) is 17.9 Å². The minimum absolute atomic E-state index is 0.269. The number of benzene rings is 1. The van der Waals surface area contributed by atoms with Gasteiger partial charge in [-0.1, -0.05) is 24.3 Å². The van der Waals surface area contributed by atoms with Gasteiger partial charge < -0.3 is 15.5 Å². The van der Waals surface area contributed by atoms with Crippen molar-refractivity contribution in [2.24, 2.45) is 4.99 Å². The van der Waals surface area contributed by atoms with Gasteiger partial charge >= 0.3 is 0 Å². The molecule has 6 heteroatoms. The molecular formula is C24H41N5O. The average Bonchev–Trinajstić information content (AvgIpc) is 3.10. The summed E-state index contributed by atoms with van der Waals surface area (Å²) in [6.45, 7) is 16.1. The zero-order valence-electron chi connectivity index (χ0n) is 19.6. The van der Waals surface area contributed by atoms with E-state index >= 15 is 0 Å². The summed E-state index contributed by atoms with van der Waals surface area (Å²) in [4.78, 5) is 21.1. The number of nitrogens with zero attached hydrogens (tertiary/aromatic N) is 3. The average molecular weight is 416 g/mol. The molecule has 0 radical (unpaired) electrons. The van der Waals surface area contributed by atoms with Gasteiger partial charge in [0.1, 0.15) is 0 Å². The van der Waals surface area contributed by atoms with E-state index in [1.54, 1.807) is 0 Å². The second-order valence-corrected chi connectivity index (χ2v) is 8.64. The van der Waals surface area contributed by atoms with Gasteiger partial charge in [-0.05, 0) is 58.6 Å². The van der Waals surface area contributed by atoms with Gasteiger partial charge in [-0.15, -0.1) is 0 Å². The van der Waals surface area contributed by atoms with E-state index in [0.29, 0.717) is 31.6 Å². The maximum absolute atomic E-state index is 11.9. The highest BCUT2D eigenvalue weighted by atomic mass is 16.2. The molecule has 6 nitrogen and oxygen atoms in total. The molecule has 0 aromatic heterocycles. The Morgan fingerprint density at radius 2 is 1.90 bits per heavy atom. The normalized spacial score (nSPS) is 15.0. The Hall–Kier alpha value is -2.08. The van der Waals surface area contributed by atoms with Crippen LogP contribution in [0.15, 0.2) is 29.3 Å². The summed E-state index contributed by atoms with van der Waals surface area (Å²) in [5.41, 5.74) is 2.35. The molecule has 0 bridgehead atoms. The van der Waals surface area contributed by atoms with Gasteiger partial charge in [-0.25, -0.2) is 4.99 Å². The monoisotopic (exact) mass is 415 g/mol. The van der Waals surface area contributed by atoms with Crippen LogP contribution < -0.4 is 10.6 Å². The Morgan fingerprint density at radius 1 is 1.17 bits per heavy atom. The van der Waals surface area contributed by atoms with Crippen molar-refractivity contribution in [3.8, 4) is 0 Å². The maximum atomic E-state index is 11.9. The van der Waals surface area contributed by atoms with Gasteiger partial charge in [0.15, 0.2) is 5.96 Å². The van der Waals surface area contributed by atoms with Gasteiger partial charge in [0, 0.05) is 51.2 Å². The smallest absolute Gasteiger partial charge is 0.222 e. The van der Waals surface area contributed by atoms with Crippen LogP contribution in [0.4, 0.5) is 0 Å². The molecule has 1 fully saturated rings. The van der Waals surface area contributed by atoms with E-state index < -0.39 is 0 Å². The number of hydrogen-bond donors (Lipinski definition) is 2. The molecule has 2 rings (SSSR count). The highest BCUT2D eigenvalue weighted by Gasteiger charge is 2.19. The molecule has 0 aliphatic carbocycles. The van der Waals surface area contributed by atoms with E-state index in [9.17, 15) is 4.79 Å². The highest BCUT2D eigenvalue weighted by Crippen LogP contribution is 2.15. The fourth-order valence-electron chi connectivity index (χ4n) is 4.01. The van der Waals surface area contributed by atoms with Gasteiger partial charge in [0.25, 0.3) is 0 Å². The number of rotatable bonds is 11. The Kier molecular flexibility index (Phi) is 10.1. The number of carbonyl (C=O) groups excluding carboxylic acids is 1. The number of amides is 1. The topological polar surface area (TPSA) is 60.0 Å².